The van der Waals surface area contributed by atoms with E-state index >= 15 is 0 Å². The number of hydrogen-bond acceptors (Lipinski definition) is 3. The molecule has 0 unspecified atom stereocenters. The third kappa shape index (κ3) is 2.40. The molecule has 4 heteroatoms. The quantitative estimate of drug-likeness (QED) is 0.820. The van der Waals surface area contributed by atoms with Crippen LogP contribution in [0.2, 0.25) is 0 Å². The number of benzene rings is 1. The second-order valence-electron chi connectivity index (χ2n) is 5.62. The highest BCUT2D eigenvalue weighted by atomic mass is 16.1. The Labute approximate surface area is 120 Å². The van der Waals surface area contributed by atoms with Crippen molar-refractivity contribution >= 4 is 11.6 Å². The molecule has 1 aromatic rings. The molecule has 108 valence electrons. The summed E-state index contributed by atoms with van der Waals surface area (Å²) in [7, 11) is 0. The molecule has 1 aromatic carbocycles. The van der Waals surface area contributed by atoms with Gasteiger partial charge in [-0.15, -0.1) is 0 Å². The molecule has 0 atom stereocenters. The maximum atomic E-state index is 12.3. The summed E-state index contributed by atoms with van der Waals surface area (Å²) in [6.07, 6.45) is 3.15. The van der Waals surface area contributed by atoms with Crippen molar-refractivity contribution in [1.82, 2.24) is 10.6 Å². The van der Waals surface area contributed by atoms with E-state index in [0.29, 0.717) is 0 Å². The lowest BCUT2D eigenvalue weighted by molar-refractivity contribution is 0.0952. The fraction of sp³-hybridized carbons (Fsp3) is 0.562. The standard InChI is InChI=1S/C16H23N3O/c1-2-3-7-18-16(20)14-5-4-12-11-17-8-10-19-9-6-13(14)15(12)19/h4-5,17H,2-3,6-11H2,1H3,(H,18,20). The Kier molecular flexibility index (Phi) is 3.92. The lowest BCUT2D eigenvalue weighted by Gasteiger charge is -2.19. The van der Waals surface area contributed by atoms with E-state index in [4.69, 9.17) is 0 Å². The highest BCUT2D eigenvalue weighted by Crippen LogP contribution is 2.35. The molecule has 20 heavy (non-hydrogen) atoms. The Bertz CT molecular complexity index is 513. The maximum absolute atomic E-state index is 12.3. The third-order valence-electron chi connectivity index (χ3n) is 4.25. The van der Waals surface area contributed by atoms with Crippen LogP contribution < -0.4 is 15.5 Å². The Balaban J connectivity index is 1.87. The predicted octanol–water partition coefficient (Wildman–Crippen LogP) is 1.68. The number of carbonyl (C=O) groups is 1. The smallest absolute Gasteiger partial charge is 0.251 e. The molecule has 3 rings (SSSR count). The van der Waals surface area contributed by atoms with Gasteiger partial charge in [-0.3, -0.25) is 4.79 Å². The Morgan fingerprint density at radius 3 is 3.15 bits per heavy atom. The second kappa shape index (κ2) is 5.83. The highest BCUT2D eigenvalue weighted by molar-refractivity contribution is 5.98. The van der Waals surface area contributed by atoms with E-state index in [1.54, 1.807) is 0 Å². The number of carbonyl (C=O) groups excluding carboxylic acids is 1. The summed E-state index contributed by atoms with van der Waals surface area (Å²) in [5.41, 5.74) is 4.78. The van der Waals surface area contributed by atoms with Crippen molar-refractivity contribution in [1.29, 1.82) is 0 Å². The minimum atomic E-state index is 0.0929. The van der Waals surface area contributed by atoms with Crippen molar-refractivity contribution < 1.29 is 4.79 Å². The van der Waals surface area contributed by atoms with Gasteiger partial charge < -0.3 is 15.5 Å². The summed E-state index contributed by atoms with van der Waals surface area (Å²) in [4.78, 5) is 14.8. The normalized spacial score (nSPS) is 16.8. The summed E-state index contributed by atoms with van der Waals surface area (Å²) in [5.74, 6) is 0.0929. The molecule has 4 nitrogen and oxygen atoms in total. The number of rotatable bonds is 4. The van der Waals surface area contributed by atoms with Gasteiger partial charge in [0.2, 0.25) is 0 Å². The first-order valence-corrected chi connectivity index (χ1v) is 7.70. The molecule has 2 aliphatic rings. The van der Waals surface area contributed by atoms with Gasteiger partial charge in [0.25, 0.3) is 5.91 Å². The van der Waals surface area contributed by atoms with Gasteiger partial charge in [0.05, 0.1) is 0 Å². The zero-order chi connectivity index (χ0) is 13.9. The molecular weight excluding hydrogens is 250 g/mol. The van der Waals surface area contributed by atoms with Gasteiger partial charge in [-0.25, -0.2) is 0 Å². The van der Waals surface area contributed by atoms with E-state index in [0.717, 1.165) is 57.5 Å². The first-order chi connectivity index (χ1) is 9.81. The molecule has 1 amide bonds. The van der Waals surface area contributed by atoms with Gasteiger partial charge in [-0.1, -0.05) is 19.4 Å². The number of nitrogens with zero attached hydrogens (tertiary/aromatic N) is 1. The largest absolute Gasteiger partial charge is 0.369 e. The van der Waals surface area contributed by atoms with E-state index in [1.807, 2.05) is 6.07 Å². The molecule has 0 bridgehead atoms. The fourth-order valence-corrected chi connectivity index (χ4v) is 3.18. The summed E-state index contributed by atoms with van der Waals surface area (Å²) < 4.78 is 0. The SMILES string of the molecule is CCCCNC(=O)c1ccc2c3c1CCN3CCNC2. The Morgan fingerprint density at radius 2 is 2.30 bits per heavy atom. The highest BCUT2D eigenvalue weighted by Gasteiger charge is 2.28. The zero-order valence-corrected chi connectivity index (χ0v) is 12.2. The minimum Gasteiger partial charge on any atom is -0.369 e. The zero-order valence-electron chi connectivity index (χ0n) is 12.2. The van der Waals surface area contributed by atoms with Crippen LogP contribution in [0.4, 0.5) is 5.69 Å². The number of unbranched alkanes of at least 4 members (excludes halogenated alkanes) is 1. The lowest BCUT2D eigenvalue weighted by atomic mass is 10.00. The summed E-state index contributed by atoms with van der Waals surface area (Å²) in [5, 5.41) is 6.49. The van der Waals surface area contributed by atoms with Crippen LogP contribution in [0, 0.1) is 0 Å². The van der Waals surface area contributed by atoms with Crippen LogP contribution in [0.5, 0.6) is 0 Å². The van der Waals surface area contributed by atoms with E-state index in [9.17, 15) is 4.79 Å². The molecular formula is C16H23N3O. The van der Waals surface area contributed by atoms with Crippen LogP contribution in [0.3, 0.4) is 0 Å². The van der Waals surface area contributed by atoms with Crippen LogP contribution >= 0.6 is 0 Å². The fourth-order valence-electron chi connectivity index (χ4n) is 3.18. The number of nitrogens with one attached hydrogen (secondary N) is 2. The topological polar surface area (TPSA) is 44.4 Å². The van der Waals surface area contributed by atoms with Gasteiger partial charge in [0, 0.05) is 44.0 Å². The van der Waals surface area contributed by atoms with Gasteiger partial charge in [-0.2, -0.15) is 0 Å². The van der Waals surface area contributed by atoms with Crippen LogP contribution in [0.1, 0.15) is 41.3 Å². The molecule has 0 fully saturated rings. The minimum absolute atomic E-state index is 0.0929. The molecule has 2 N–H and O–H groups in total. The predicted molar refractivity (Wildman–Crippen MR) is 81.3 cm³/mol. The molecule has 0 saturated heterocycles. The first kappa shape index (κ1) is 13.4. The van der Waals surface area contributed by atoms with Crippen molar-refractivity contribution in [2.24, 2.45) is 0 Å². The second-order valence-corrected chi connectivity index (χ2v) is 5.62. The average molecular weight is 273 g/mol. The van der Waals surface area contributed by atoms with E-state index in [-0.39, 0.29) is 5.91 Å². The van der Waals surface area contributed by atoms with Crippen molar-refractivity contribution in [2.45, 2.75) is 32.7 Å². The average Bonchev–Trinajstić information content (AvgIpc) is 2.76. The lowest BCUT2D eigenvalue weighted by Crippen LogP contribution is -2.27. The monoisotopic (exact) mass is 273 g/mol. The molecule has 0 aliphatic carbocycles. The number of amides is 1. The third-order valence-corrected chi connectivity index (χ3v) is 4.25. The number of anilines is 1. The van der Waals surface area contributed by atoms with Crippen LogP contribution in [-0.2, 0) is 13.0 Å². The van der Waals surface area contributed by atoms with Crippen LogP contribution in [0.15, 0.2) is 12.1 Å². The Hall–Kier alpha value is -1.55. The van der Waals surface area contributed by atoms with Gasteiger partial charge in [0.1, 0.15) is 0 Å². The summed E-state index contributed by atoms with van der Waals surface area (Å²) in [6.45, 7) is 6.93. The molecule has 0 saturated carbocycles. The van der Waals surface area contributed by atoms with Crippen molar-refractivity contribution in [3.8, 4) is 0 Å². The van der Waals surface area contributed by atoms with Gasteiger partial charge >= 0.3 is 0 Å². The van der Waals surface area contributed by atoms with E-state index in [2.05, 4.69) is 28.5 Å². The molecule has 0 aromatic heterocycles. The molecule has 2 aliphatic heterocycles. The van der Waals surface area contributed by atoms with Crippen LogP contribution in [0.25, 0.3) is 0 Å². The number of hydrogen-bond donors (Lipinski definition) is 2. The molecule has 2 heterocycles. The molecule has 0 radical (unpaired) electrons. The van der Waals surface area contributed by atoms with Gasteiger partial charge in [0.15, 0.2) is 0 Å². The van der Waals surface area contributed by atoms with E-state index < -0.39 is 0 Å². The maximum Gasteiger partial charge on any atom is 0.251 e. The summed E-state index contributed by atoms with van der Waals surface area (Å²) in [6, 6.07) is 4.12. The van der Waals surface area contributed by atoms with E-state index in [1.165, 1.54) is 16.8 Å². The van der Waals surface area contributed by atoms with Crippen molar-refractivity contribution in [2.75, 3.05) is 31.1 Å². The molecule has 0 spiro atoms. The Morgan fingerprint density at radius 1 is 1.40 bits per heavy atom. The van der Waals surface area contributed by atoms with Crippen molar-refractivity contribution in [3.63, 3.8) is 0 Å². The van der Waals surface area contributed by atoms with Crippen LogP contribution in [-0.4, -0.2) is 32.1 Å². The van der Waals surface area contributed by atoms with Crippen molar-refractivity contribution in [3.05, 3.63) is 28.8 Å². The first-order valence-electron chi connectivity index (χ1n) is 7.70. The summed E-state index contributed by atoms with van der Waals surface area (Å²) >= 11 is 0. The van der Waals surface area contributed by atoms with Gasteiger partial charge in [-0.05, 0) is 30.0 Å².